The lowest BCUT2D eigenvalue weighted by Gasteiger charge is -2.13. The molecule has 0 aliphatic rings. The van der Waals surface area contributed by atoms with Crippen molar-refractivity contribution in [1.82, 2.24) is 0 Å². The van der Waals surface area contributed by atoms with E-state index in [-0.39, 0.29) is 6.07 Å². The van der Waals surface area contributed by atoms with E-state index in [4.69, 9.17) is 5.73 Å². The molecule has 0 bridgehead atoms. The zero-order chi connectivity index (χ0) is 16.7. The van der Waals surface area contributed by atoms with Gasteiger partial charge in [0.15, 0.2) is 23.2 Å². The van der Waals surface area contributed by atoms with E-state index >= 15 is 0 Å². The van der Waals surface area contributed by atoms with Gasteiger partial charge in [-0.1, -0.05) is 0 Å². The molecular weight excluding hydrogens is 319 g/mol. The molecular formula is C13H6F7NO. The van der Waals surface area contributed by atoms with Gasteiger partial charge in [0, 0.05) is 0 Å². The van der Waals surface area contributed by atoms with Gasteiger partial charge in [0.05, 0.1) is 11.3 Å². The number of ether oxygens (including phenoxy) is 1. The summed E-state index contributed by atoms with van der Waals surface area (Å²) in [5.74, 6) is -9.22. The Hall–Kier alpha value is -2.45. The Bertz CT molecular complexity index is 727. The predicted octanol–water partition coefficient (Wildman–Crippen LogP) is 4.64. The minimum Gasteiger partial charge on any atom is -0.448 e. The van der Waals surface area contributed by atoms with Crippen LogP contribution in [0.2, 0.25) is 0 Å². The molecule has 0 aliphatic carbocycles. The second-order valence-electron chi connectivity index (χ2n) is 4.12. The van der Waals surface area contributed by atoms with Gasteiger partial charge in [-0.05, 0) is 24.3 Å². The Kier molecular flexibility index (Phi) is 3.90. The third-order valence-corrected chi connectivity index (χ3v) is 2.64. The van der Waals surface area contributed by atoms with Crippen LogP contribution in [0, 0.1) is 23.3 Å². The van der Waals surface area contributed by atoms with Crippen LogP contribution in [0.4, 0.5) is 36.4 Å². The largest absolute Gasteiger partial charge is 0.448 e. The molecule has 2 rings (SSSR count). The van der Waals surface area contributed by atoms with Crippen molar-refractivity contribution in [3.63, 3.8) is 0 Å². The van der Waals surface area contributed by atoms with Gasteiger partial charge in [0.2, 0.25) is 11.6 Å². The van der Waals surface area contributed by atoms with Crippen molar-refractivity contribution in [3.05, 3.63) is 53.1 Å². The zero-order valence-corrected chi connectivity index (χ0v) is 10.4. The number of anilines is 1. The molecule has 0 saturated carbocycles. The first-order chi connectivity index (χ1) is 10.1. The monoisotopic (exact) mass is 325 g/mol. The van der Waals surface area contributed by atoms with Crippen LogP contribution >= 0.6 is 0 Å². The average Bonchev–Trinajstić information content (AvgIpc) is 2.42. The van der Waals surface area contributed by atoms with Crippen LogP contribution < -0.4 is 10.5 Å². The average molecular weight is 325 g/mol. The molecule has 0 aromatic heterocycles. The highest BCUT2D eigenvalue weighted by Crippen LogP contribution is 2.37. The first-order valence-corrected chi connectivity index (χ1v) is 5.59. The zero-order valence-electron chi connectivity index (χ0n) is 10.4. The van der Waals surface area contributed by atoms with Gasteiger partial charge in [-0.2, -0.15) is 17.6 Å². The predicted molar refractivity (Wildman–Crippen MR) is 62.2 cm³/mol. The van der Waals surface area contributed by atoms with Crippen molar-refractivity contribution in [2.24, 2.45) is 0 Å². The van der Waals surface area contributed by atoms with E-state index < -0.39 is 52.2 Å². The Morgan fingerprint density at radius 1 is 0.818 bits per heavy atom. The van der Waals surface area contributed by atoms with Gasteiger partial charge in [-0.15, -0.1) is 0 Å². The maximum Gasteiger partial charge on any atom is 0.419 e. The van der Waals surface area contributed by atoms with Gasteiger partial charge in [0.25, 0.3) is 0 Å². The number of hydrogen-bond donors (Lipinski definition) is 1. The van der Waals surface area contributed by atoms with E-state index in [1.54, 1.807) is 0 Å². The molecule has 0 heterocycles. The lowest BCUT2D eigenvalue weighted by atomic mass is 10.2. The van der Waals surface area contributed by atoms with Crippen LogP contribution in [-0.4, -0.2) is 0 Å². The van der Waals surface area contributed by atoms with Gasteiger partial charge >= 0.3 is 6.18 Å². The van der Waals surface area contributed by atoms with Crippen molar-refractivity contribution >= 4 is 5.69 Å². The van der Waals surface area contributed by atoms with Crippen molar-refractivity contribution in [2.45, 2.75) is 6.18 Å². The Balaban J connectivity index is 2.49. The van der Waals surface area contributed by atoms with E-state index in [2.05, 4.69) is 4.74 Å². The molecule has 2 aromatic carbocycles. The summed E-state index contributed by atoms with van der Waals surface area (Å²) in [6, 6.07) is 2.16. The topological polar surface area (TPSA) is 35.2 Å². The summed E-state index contributed by atoms with van der Waals surface area (Å²) < 4.78 is 95.5. The summed E-state index contributed by atoms with van der Waals surface area (Å²) in [5.41, 5.74) is 2.75. The van der Waals surface area contributed by atoms with E-state index in [0.29, 0.717) is 12.1 Å². The molecule has 0 amide bonds. The summed E-state index contributed by atoms with van der Waals surface area (Å²) in [6.45, 7) is 0. The van der Waals surface area contributed by atoms with Crippen LogP contribution in [0.3, 0.4) is 0 Å². The van der Waals surface area contributed by atoms with E-state index in [9.17, 15) is 30.7 Å². The molecule has 22 heavy (non-hydrogen) atoms. The van der Waals surface area contributed by atoms with E-state index in [0.717, 1.165) is 6.07 Å². The quantitative estimate of drug-likeness (QED) is 0.645. The number of hydrogen-bond acceptors (Lipinski definition) is 2. The highest BCUT2D eigenvalue weighted by molar-refractivity contribution is 5.48. The highest BCUT2D eigenvalue weighted by Gasteiger charge is 2.36. The molecule has 0 fully saturated rings. The minimum absolute atomic E-state index is 0.190. The molecule has 0 spiro atoms. The smallest absolute Gasteiger partial charge is 0.419 e. The molecule has 0 aliphatic heterocycles. The maximum absolute atomic E-state index is 13.6. The standard InChI is InChI=1S/C13H6F7NO/c14-6-2-3-7(21)10(16)12(6)22-8-4-1-5(13(18,19)20)9(15)11(8)17/h1-4H,21H2. The SMILES string of the molecule is Nc1ccc(F)c(Oc2ccc(C(F)(F)F)c(F)c2F)c1F. The van der Waals surface area contributed by atoms with Crippen molar-refractivity contribution in [3.8, 4) is 11.5 Å². The van der Waals surface area contributed by atoms with Gasteiger partial charge < -0.3 is 10.5 Å². The van der Waals surface area contributed by atoms with E-state index in [1.165, 1.54) is 0 Å². The number of nitrogens with two attached hydrogens (primary N) is 1. The maximum atomic E-state index is 13.6. The molecule has 0 unspecified atom stereocenters. The third kappa shape index (κ3) is 2.78. The van der Waals surface area contributed by atoms with Crippen molar-refractivity contribution < 1.29 is 35.5 Å². The van der Waals surface area contributed by atoms with E-state index in [1.807, 2.05) is 0 Å². The first kappa shape index (κ1) is 15.9. The number of benzene rings is 2. The summed E-state index contributed by atoms with van der Waals surface area (Å²) in [7, 11) is 0. The molecule has 2 aromatic rings. The van der Waals surface area contributed by atoms with Crippen LogP contribution in [0.15, 0.2) is 24.3 Å². The fraction of sp³-hybridized carbons (Fsp3) is 0.0769. The number of rotatable bonds is 2. The van der Waals surface area contributed by atoms with Crippen molar-refractivity contribution in [2.75, 3.05) is 5.73 Å². The molecule has 9 heteroatoms. The molecule has 118 valence electrons. The third-order valence-electron chi connectivity index (χ3n) is 2.64. The summed E-state index contributed by atoms with van der Waals surface area (Å²) in [4.78, 5) is 0. The Morgan fingerprint density at radius 3 is 2.05 bits per heavy atom. The fourth-order valence-electron chi connectivity index (χ4n) is 1.58. The molecule has 0 saturated heterocycles. The Labute approximate surface area is 118 Å². The summed E-state index contributed by atoms with van der Waals surface area (Å²) in [6.07, 6.45) is -5.13. The molecule has 0 radical (unpaired) electrons. The minimum atomic E-state index is -5.13. The first-order valence-electron chi connectivity index (χ1n) is 5.59. The second kappa shape index (κ2) is 5.39. The highest BCUT2D eigenvalue weighted by atomic mass is 19.4. The fourth-order valence-corrected chi connectivity index (χ4v) is 1.58. The number of nitrogen functional groups attached to an aromatic ring is 1. The van der Waals surface area contributed by atoms with Gasteiger partial charge in [-0.3, -0.25) is 0 Å². The van der Waals surface area contributed by atoms with Gasteiger partial charge in [-0.25, -0.2) is 13.2 Å². The lowest BCUT2D eigenvalue weighted by Crippen LogP contribution is -2.10. The summed E-state index contributed by atoms with van der Waals surface area (Å²) in [5, 5.41) is 0. The number of alkyl halides is 3. The van der Waals surface area contributed by atoms with Crippen LogP contribution in [0.1, 0.15) is 5.56 Å². The summed E-state index contributed by atoms with van der Waals surface area (Å²) >= 11 is 0. The molecule has 0 atom stereocenters. The van der Waals surface area contributed by atoms with Gasteiger partial charge in [0.1, 0.15) is 0 Å². The van der Waals surface area contributed by atoms with Crippen LogP contribution in [0.25, 0.3) is 0 Å². The number of halogens is 7. The van der Waals surface area contributed by atoms with Crippen LogP contribution in [-0.2, 0) is 6.18 Å². The van der Waals surface area contributed by atoms with Crippen molar-refractivity contribution in [1.29, 1.82) is 0 Å². The second-order valence-corrected chi connectivity index (χ2v) is 4.12. The normalized spacial score (nSPS) is 11.6. The van der Waals surface area contributed by atoms with Crippen LogP contribution in [0.5, 0.6) is 11.5 Å². The molecule has 2 nitrogen and oxygen atoms in total. The Morgan fingerprint density at radius 2 is 1.45 bits per heavy atom. The lowest BCUT2D eigenvalue weighted by molar-refractivity contribution is -0.140. The molecule has 2 N–H and O–H groups in total.